The topological polar surface area (TPSA) is 46.3 Å². The lowest BCUT2D eigenvalue weighted by Gasteiger charge is -2.14. The number of nitrogens with one attached hydrogen (secondary N) is 2. The second kappa shape index (κ2) is 9.99. The van der Waals surface area contributed by atoms with Crippen molar-refractivity contribution >= 4 is 10.9 Å². The number of aromatic amines is 1. The van der Waals surface area contributed by atoms with Crippen LogP contribution in [0.15, 0.2) is 79.0 Å². The highest BCUT2D eigenvalue weighted by molar-refractivity contribution is 5.83. The molecule has 0 aliphatic carbocycles. The molecule has 0 amide bonds. The molecule has 0 aliphatic heterocycles. The zero-order valence-corrected chi connectivity index (χ0v) is 17.4. The Bertz CT molecular complexity index is 1070. The highest BCUT2D eigenvalue weighted by Gasteiger charge is 2.08. The molecule has 4 nitrogen and oxygen atoms in total. The maximum Gasteiger partial charge on any atom is 0.161 e. The van der Waals surface area contributed by atoms with Gasteiger partial charge in [0, 0.05) is 23.6 Å². The molecule has 0 saturated heterocycles. The Morgan fingerprint density at radius 2 is 1.67 bits per heavy atom. The van der Waals surface area contributed by atoms with Crippen LogP contribution in [0.2, 0.25) is 0 Å². The van der Waals surface area contributed by atoms with E-state index in [1.165, 1.54) is 22.0 Å². The third-order valence-electron chi connectivity index (χ3n) is 5.12. The number of hydrogen-bond acceptors (Lipinski definition) is 3. The van der Waals surface area contributed by atoms with Crippen molar-refractivity contribution in [1.82, 2.24) is 10.3 Å². The van der Waals surface area contributed by atoms with E-state index < -0.39 is 0 Å². The van der Waals surface area contributed by atoms with Crippen LogP contribution in [-0.2, 0) is 19.6 Å². The van der Waals surface area contributed by atoms with Gasteiger partial charge in [-0.1, -0.05) is 54.6 Å². The maximum atomic E-state index is 6.00. The van der Waals surface area contributed by atoms with Crippen LogP contribution in [0.4, 0.5) is 0 Å². The van der Waals surface area contributed by atoms with Gasteiger partial charge in [-0.25, -0.2) is 0 Å². The predicted octanol–water partition coefficient (Wildman–Crippen LogP) is 5.48. The number of ether oxygens (including phenoxy) is 2. The Morgan fingerprint density at radius 3 is 2.53 bits per heavy atom. The first kappa shape index (κ1) is 20.0. The first-order valence-corrected chi connectivity index (χ1v) is 10.5. The van der Waals surface area contributed by atoms with Gasteiger partial charge in [0.2, 0.25) is 0 Å². The van der Waals surface area contributed by atoms with Gasteiger partial charge in [0.25, 0.3) is 0 Å². The molecular formula is C26H28N2O2. The van der Waals surface area contributed by atoms with Crippen LogP contribution >= 0.6 is 0 Å². The van der Waals surface area contributed by atoms with E-state index in [0.29, 0.717) is 13.2 Å². The van der Waals surface area contributed by atoms with Crippen LogP contribution in [0.25, 0.3) is 10.9 Å². The summed E-state index contributed by atoms with van der Waals surface area (Å²) in [5.41, 5.74) is 4.87. The minimum Gasteiger partial charge on any atom is -0.490 e. The number of benzene rings is 3. The van der Waals surface area contributed by atoms with Crippen molar-refractivity contribution in [1.29, 1.82) is 0 Å². The lowest BCUT2D eigenvalue weighted by atomic mass is 10.1. The van der Waals surface area contributed by atoms with Crippen molar-refractivity contribution in [2.45, 2.75) is 26.5 Å². The summed E-state index contributed by atoms with van der Waals surface area (Å²) in [4.78, 5) is 3.34. The van der Waals surface area contributed by atoms with Crippen LogP contribution in [-0.4, -0.2) is 18.1 Å². The summed E-state index contributed by atoms with van der Waals surface area (Å²) in [5, 5.41) is 4.84. The maximum absolute atomic E-state index is 6.00. The van der Waals surface area contributed by atoms with Crippen LogP contribution in [0.1, 0.15) is 23.6 Å². The van der Waals surface area contributed by atoms with Crippen LogP contribution in [0, 0.1) is 0 Å². The Balaban J connectivity index is 1.33. The van der Waals surface area contributed by atoms with Gasteiger partial charge in [-0.05, 0) is 54.8 Å². The zero-order valence-electron chi connectivity index (χ0n) is 17.4. The third-order valence-corrected chi connectivity index (χ3v) is 5.12. The van der Waals surface area contributed by atoms with Gasteiger partial charge in [-0.3, -0.25) is 0 Å². The van der Waals surface area contributed by atoms with E-state index in [2.05, 4.69) is 65.0 Å². The molecule has 0 saturated carbocycles. The summed E-state index contributed by atoms with van der Waals surface area (Å²) in [6.45, 7) is 4.84. The molecule has 0 spiro atoms. The molecule has 3 aromatic carbocycles. The molecule has 4 rings (SSSR count). The average molecular weight is 401 g/mol. The van der Waals surface area contributed by atoms with Gasteiger partial charge < -0.3 is 19.8 Å². The normalized spacial score (nSPS) is 11.0. The molecule has 0 atom stereocenters. The molecule has 0 unspecified atom stereocenters. The van der Waals surface area contributed by atoms with E-state index >= 15 is 0 Å². The summed E-state index contributed by atoms with van der Waals surface area (Å²) in [6, 6.07) is 24.8. The molecule has 1 aromatic heterocycles. The number of aromatic nitrogens is 1. The van der Waals surface area contributed by atoms with Crippen LogP contribution in [0.3, 0.4) is 0 Å². The predicted molar refractivity (Wildman–Crippen MR) is 122 cm³/mol. The van der Waals surface area contributed by atoms with E-state index in [1.54, 1.807) is 0 Å². The summed E-state index contributed by atoms with van der Waals surface area (Å²) >= 11 is 0. The molecule has 0 aliphatic rings. The Kier molecular flexibility index (Phi) is 6.68. The molecule has 0 bridgehead atoms. The number of rotatable bonds is 10. The minimum absolute atomic E-state index is 0.531. The zero-order chi connectivity index (χ0) is 20.6. The lowest BCUT2D eigenvalue weighted by molar-refractivity contribution is 0.269. The van der Waals surface area contributed by atoms with Crippen molar-refractivity contribution in [3.05, 3.63) is 95.7 Å². The van der Waals surface area contributed by atoms with Gasteiger partial charge in [0.15, 0.2) is 11.5 Å². The molecule has 0 radical (unpaired) electrons. The van der Waals surface area contributed by atoms with E-state index in [0.717, 1.165) is 36.6 Å². The first-order valence-electron chi connectivity index (χ1n) is 10.5. The highest BCUT2D eigenvalue weighted by Crippen LogP contribution is 2.29. The molecule has 2 N–H and O–H groups in total. The van der Waals surface area contributed by atoms with E-state index in [1.807, 2.05) is 31.2 Å². The van der Waals surface area contributed by atoms with Gasteiger partial charge >= 0.3 is 0 Å². The van der Waals surface area contributed by atoms with E-state index in [-0.39, 0.29) is 0 Å². The van der Waals surface area contributed by atoms with Crippen molar-refractivity contribution in [2.24, 2.45) is 0 Å². The molecule has 4 heteroatoms. The second-order valence-corrected chi connectivity index (χ2v) is 7.27. The molecular weight excluding hydrogens is 372 g/mol. The first-order chi connectivity index (χ1) is 14.8. The summed E-state index contributed by atoms with van der Waals surface area (Å²) in [7, 11) is 0. The number of fused-ring (bicyclic) bond motifs is 1. The summed E-state index contributed by atoms with van der Waals surface area (Å²) in [5.74, 6) is 1.58. The fourth-order valence-corrected chi connectivity index (χ4v) is 3.58. The lowest BCUT2D eigenvalue weighted by Crippen LogP contribution is -2.16. The number of H-pyrrole nitrogens is 1. The fourth-order valence-electron chi connectivity index (χ4n) is 3.58. The standard InChI is InChI=1S/C26H28N2O2/c1-2-29-26-16-21(12-13-25(26)30-19-20-8-4-3-5-9-20)17-27-15-14-22-18-28-24-11-7-6-10-23(22)24/h3-13,16,18,27-28H,2,14-15,17,19H2,1H3. The summed E-state index contributed by atoms with van der Waals surface area (Å²) in [6.07, 6.45) is 3.10. The Labute approximate surface area is 177 Å². The molecule has 1 heterocycles. The van der Waals surface area contributed by atoms with Crippen molar-refractivity contribution in [3.63, 3.8) is 0 Å². The Hall–Kier alpha value is -3.24. The fraction of sp³-hybridized carbons (Fsp3) is 0.231. The monoisotopic (exact) mass is 400 g/mol. The minimum atomic E-state index is 0.531. The highest BCUT2D eigenvalue weighted by atomic mass is 16.5. The van der Waals surface area contributed by atoms with Gasteiger partial charge in [0.1, 0.15) is 6.61 Å². The molecule has 30 heavy (non-hydrogen) atoms. The Morgan fingerprint density at radius 1 is 0.833 bits per heavy atom. The van der Waals surface area contributed by atoms with Crippen molar-refractivity contribution in [2.75, 3.05) is 13.2 Å². The van der Waals surface area contributed by atoms with Crippen molar-refractivity contribution < 1.29 is 9.47 Å². The van der Waals surface area contributed by atoms with Crippen LogP contribution in [0.5, 0.6) is 11.5 Å². The van der Waals surface area contributed by atoms with Crippen molar-refractivity contribution in [3.8, 4) is 11.5 Å². The molecule has 0 fully saturated rings. The molecule has 4 aromatic rings. The van der Waals surface area contributed by atoms with Gasteiger partial charge in [-0.15, -0.1) is 0 Å². The van der Waals surface area contributed by atoms with Crippen LogP contribution < -0.4 is 14.8 Å². The third kappa shape index (κ3) is 5.02. The van der Waals surface area contributed by atoms with Gasteiger partial charge in [-0.2, -0.15) is 0 Å². The average Bonchev–Trinajstić information content (AvgIpc) is 3.20. The largest absolute Gasteiger partial charge is 0.490 e. The van der Waals surface area contributed by atoms with E-state index in [4.69, 9.17) is 9.47 Å². The number of hydrogen-bond donors (Lipinski definition) is 2. The summed E-state index contributed by atoms with van der Waals surface area (Å²) < 4.78 is 11.8. The second-order valence-electron chi connectivity index (χ2n) is 7.27. The molecule has 154 valence electrons. The van der Waals surface area contributed by atoms with E-state index in [9.17, 15) is 0 Å². The number of para-hydroxylation sites is 1. The quantitative estimate of drug-likeness (QED) is 0.347. The van der Waals surface area contributed by atoms with Gasteiger partial charge in [0.05, 0.1) is 6.61 Å². The SMILES string of the molecule is CCOc1cc(CNCCc2c[nH]c3ccccc23)ccc1OCc1ccccc1. The smallest absolute Gasteiger partial charge is 0.161 e.